The summed E-state index contributed by atoms with van der Waals surface area (Å²) in [6.45, 7) is 0.160. The molecule has 1 aromatic carbocycles. The van der Waals surface area contributed by atoms with Crippen LogP contribution in [0.1, 0.15) is 16.8 Å². The van der Waals surface area contributed by atoms with E-state index in [4.69, 9.17) is 9.15 Å². The molecule has 10 nitrogen and oxygen atoms in total. The number of carbonyl (C=O) groups excluding carboxylic acids is 2. The standard InChI is InChI=1S/C21H22N4O6/c1-30-19-8-13(6-7-22-19)20(28)24-10-14(9-15(26)11-24)23-18(27)12-25-16-4-2-3-5-17(16)31-21(25)29/h2-8,14-15,26H,9-12H2,1H3,(H,23,27)/t14-,15+/m0/s1. The number of aromatic nitrogens is 2. The fraction of sp³-hybridized carbons (Fsp3) is 0.333. The van der Waals surface area contributed by atoms with Crippen LogP contribution < -0.4 is 15.8 Å². The fourth-order valence-corrected chi connectivity index (χ4v) is 3.76. The average Bonchev–Trinajstić information content (AvgIpc) is 3.07. The number of oxazole rings is 1. The molecule has 1 fully saturated rings. The predicted molar refractivity (Wildman–Crippen MR) is 110 cm³/mol. The first kappa shape index (κ1) is 20.6. The molecule has 31 heavy (non-hydrogen) atoms. The molecule has 2 atom stereocenters. The number of aliphatic hydroxyl groups is 1. The number of nitrogens with zero attached hydrogens (tertiary/aromatic N) is 3. The second-order valence-electron chi connectivity index (χ2n) is 7.37. The molecule has 0 saturated carbocycles. The van der Waals surface area contributed by atoms with Gasteiger partial charge in [-0.05, 0) is 24.6 Å². The van der Waals surface area contributed by atoms with Gasteiger partial charge in [0, 0.05) is 37.0 Å². The first-order valence-electron chi connectivity index (χ1n) is 9.79. The molecule has 0 bridgehead atoms. The van der Waals surface area contributed by atoms with E-state index in [0.717, 1.165) is 0 Å². The molecule has 1 aliphatic rings. The Hall–Kier alpha value is -3.66. The van der Waals surface area contributed by atoms with E-state index < -0.39 is 23.8 Å². The molecule has 0 unspecified atom stereocenters. The number of nitrogens with one attached hydrogen (secondary N) is 1. The molecule has 0 radical (unpaired) electrons. The van der Waals surface area contributed by atoms with Crippen LogP contribution in [0.3, 0.4) is 0 Å². The van der Waals surface area contributed by atoms with Gasteiger partial charge in [-0.25, -0.2) is 9.78 Å². The van der Waals surface area contributed by atoms with E-state index in [1.807, 2.05) is 0 Å². The number of ether oxygens (including phenoxy) is 1. The molecule has 3 aromatic rings. The zero-order valence-electron chi connectivity index (χ0n) is 16.9. The lowest BCUT2D eigenvalue weighted by Gasteiger charge is -2.36. The summed E-state index contributed by atoms with van der Waals surface area (Å²) in [5.74, 6) is -1.02. The second-order valence-corrected chi connectivity index (χ2v) is 7.37. The van der Waals surface area contributed by atoms with E-state index >= 15 is 0 Å². The summed E-state index contributed by atoms with van der Waals surface area (Å²) in [5, 5.41) is 13.1. The van der Waals surface area contributed by atoms with E-state index in [0.29, 0.717) is 29.0 Å². The van der Waals surface area contributed by atoms with Crippen molar-refractivity contribution in [2.45, 2.75) is 25.1 Å². The third-order valence-electron chi connectivity index (χ3n) is 5.15. The van der Waals surface area contributed by atoms with Crippen molar-refractivity contribution in [3.05, 3.63) is 58.7 Å². The number of fused-ring (bicyclic) bond motifs is 1. The Kier molecular flexibility index (Phi) is 5.72. The van der Waals surface area contributed by atoms with Crippen LogP contribution in [0, 0.1) is 0 Å². The molecule has 162 valence electrons. The minimum Gasteiger partial charge on any atom is -0.481 e. The van der Waals surface area contributed by atoms with Crippen LogP contribution in [-0.4, -0.2) is 63.7 Å². The monoisotopic (exact) mass is 426 g/mol. The van der Waals surface area contributed by atoms with Crippen molar-refractivity contribution in [2.75, 3.05) is 20.2 Å². The zero-order chi connectivity index (χ0) is 22.0. The van der Waals surface area contributed by atoms with Gasteiger partial charge in [0.25, 0.3) is 5.91 Å². The Bertz CT molecular complexity index is 1170. The maximum atomic E-state index is 12.9. The number of pyridine rings is 1. The average molecular weight is 426 g/mol. The Labute approximate surface area is 177 Å². The number of hydrogen-bond donors (Lipinski definition) is 2. The molecular weight excluding hydrogens is 404 g/mol. The molecule has 0 spiro atoms. The van der Waals surface area contributed by atoms with Crippen molar-refractivity contribution in [2.24, 2.45) is 0 Å². The highest BCUT2D eigenvalue weighted by atomic mass is 16.5. The van der Waals surface area contributed by atoms with Crippen molar-refractivity contribution < 1.29 is 23.8 Å². The number of piperidine rings is 1. The Morgan fingerprint density at radius 2 is 2.10 bits per heavy atom. The normalized spacial score (nSPS) is 18.7. The number of aliphatic hydroxyl groups excluding tert-OH is 1. The van der Waals surface area contributed by atoms with Gasteiger partial charge in [0.05, 0.1) is 18.7 Å². The SMILES string of the molecule is COc1cc(C(=O)N2C[C@H](O)C[C@H](NC(=O)Cn3c(=O)oc4ccccc43)C2)ccn1. The molecule has 2 amide bonds. The number of amides is 2. The Morgan fingerprint density at radius 3 is 2.90 bits per heavy atom. The van der Waals surface area contributed by atoms with Gasteiger partial charge in [0.15, 0.2) is 5.58 Å². The van der Waals surface area contributed by atoms with Crippen LogP contribution in [0.15, 0.2) is 51.8 Å². The molecule has 1 aliphatic heterocycles. The number of likely N-dealkylation sites (tertiary alicyclic amines) is 1. The topological polar surface area (TPSA) is 127 Å². The van der Waals surface area contributed by atoms with Crippen molar-refractivity contribution in [3.8, 4) is 5.88 Å². The number of benzene rings is 1. The smallest absolute Gasteiger partial charge is 0.420 e. The molecule has 3 heterocycles. The highest BCUT2D eigenvalue weighted by Crippen LogP contribution is 2.17. The molecular formula is C21H22N4O6. The van der Waals surface area contributed by atoms with E-state index in [1.165, 1.54) is 28.8 Å². The Morgan fingerprint density at radius 1 is 1.29 bits per heavy atom. The third-order valence-corrected chi connectivity index (χ3v) is 5.15. The lowest BCUT2D eigenvalue weighted by atomic mass is 10.0. The quantitative estimate of drug-likeness (QED) is 0.604. The van der Waals surface area contributed by atoms with Crippen LogP contribution in [0.4, 0.5) is 0 Å². The van der Waals surface area contributed by atoms with Gasteiger partial charge in [0.2, 0.25) is 11.8 Å². The third kappa shape index (κ3) is 4.43. The largest absolute Gasteiger partial charge is 0.481 e. The van der Waals surface area contributed by atoms with Crippen molar-refractivity contribution in [3.63, 3.8) is 0 Å². The van der Waals surface area contributed by atoms with Gasteiger partial charge in [-0.3, -0.25) is 14.2 Å². The Balaban J connectivity index is 1.44. The van der Waals surface area contributed by atoms with E-state index in [2.05, 4.69) is 10.3 Å². The molecule has 1 saturated heterocycles. The van der Waals surface area contributed by atoms with Gasteiger partial charge in [0.1, 0.15) is 6.54 Å². The number of hydrogen-bond acceptors (Lipinski definition) is 7. The summed E-state index contributed by atoms with van der Waals surface area (Å²) in [5.41, 5.74) is 1.30. The summed E-state index contributed by atoms with van der Waals surface area (Å²) in [6, 6.07) is 9.46. The van der Waals surface area contributed by atoms with Gasteiger partial charge >= 0.3 is 5.76 Å². The van der Waals surface area contributed by atoms with E-state index in [9.17, 15) is 19.5 Å². The van der Waals surface area contributed by atoms with Crippen molar-refractivity contribution in [1.29, 1.82) is 0 Å². The number of β-amino-alcohol motifs (C(OH)–C–C–N with tert-alkyl or cyclic N) is 1. The second kappa shape index (κ2) is 8.60. The lowest BCUT2D eigenvalue weighted by molar-refractivity contribution is -0.123. The molecule has 10 heteroatoms. The summed E-state index contributed by atoms with van der Waals surface area (Å²) >= 11 is 0. The van der Waals surface area contributed by atoms with Crippen LogP contribution in [-0.2, 0) is 11.3 Å². The van der Waals surface area contributed by atoms with Crippen LogP contribution >= 0.6 is 0 Å². The highest BCUT2D eigenvalue weighted by molar-refractivity contribution is 5.94. The molecule has 2 aromatic heterocycles. The zero-order valence-corrected chi connectivity index (χ0v) is 16.9. The minimum atomic E-state index is -0.788. The van der Waals surface area contributed by atoms with E-state index in [-0.39, 0.29) is 25.5 Å². The van der Waals surface area contributed by atoms with Gasteiger partial charge < -0.3 is 24.5 Å². The van der Waals surface area contributed by atoms with Gasteiger partial charge in [-0.1, -0.05) is 12.1 Å². The van der Waals surface area contributed by atoms with Gasteiger partial charge in [-0.15, -0.1) is 0 Å². The minimum absolute atomic E-state index is 0.154. The first-order valence-corrected chi connectivity index (χ1v) is 9.79. The number of para-hydroxylation sites is 2. The predicted octanol–water partition coefficient (Wildman–Crippen LogP) is 0.390. The molecule has 0 aliphatic carbocycles. The van der Waals surface area contributed by atoms with Crippen LogP contribution in [0.25, 0.3) is 11.1 Å². The maximum absolute atomic E-state index is 12.9. The highest BCUT2D eigenvalue weighted by Gasteiger charge is 2.30. The lowest BCUT2D eigenvalue weighted by Crippen LogP contribution is -2.54. The summed E-state index contributed by atoms with van der Waals surface area (Å²) in [6.07, 6.45) is 0.985. The molecule has 4 rings (SSSR count). The number of methoxy groups -OCH3 is 1. The fourth-order valence-electron chi connectivity index (χ4n) is 3.76. The van der Waals surface area contributed by atoms with E-state index in [1.54, 1.807) is 30.3 Å². The number of carbonyl (C=O) groups is 2. The molecule has 2 N–H and O–H groups in total. The van der Waals surface area contributed by atoms with Crippen LogP contribution in [0.2, 0.25) is 0 Å². The van der Waals surface area contributed by atoms with Crippen molar-refractivity contribution in [1.82, 2.24) is 19.8 Å². The first-order chi connectivity index (χ1) is 14.9. The van der Waals surface area contributed by atoms with Crippen molar-refractivity contribution >= 4 is 22.9 Å². The summed E-state index contributed by atoms with van der Waals surface area (Å²) < 4.78 is 11.4. The van der Waals surface area contributed by atoms with Crippen LogP contribution in [0.5, 0.6) is 5.88 Å². The summed E-state index contributed by atoms with van der Waals surface area (Å²) in [4.78, 5) is 43.0. The van der Waals surface area contributed by atoms with Gasteiger partial charge in [-0.2, -0.15) is 0 Å². The maximum Gasteiger partial charge on any atom is 0.420 e. The summed E-state index contributed by atoms with van der Waals surface area (Å²) in [7, 11) is 1.46. The number of rotatable bonds is 5.